The van der Waals surface area contributed by atoms with Crippen LogP contribution in [0.2, 0.25) is 0 Å². The maximum absolute atomic E-state index is 12.9. The number of alkyl halides is 3. The molecule has 0 bridgehead atoms. The zero-order valence-electron chi connectivity index (χ0n) is 9.50. The molecule has 2 fully saturated rings. The molecule has 1 aliphatic heterocycles. The van der Waals surface area contributed by atoms with Gasteiger partial charge in [0.25, 0.3) is 0 Å². The van der Waals surface area contributed by atoms with E-state index in [0.717, 1.165) is 0 Å². The number of nitrogens with zero attached hydrogens (tertiary/aromatic N) is 1. The number of hydrogen-bond acceptors (Lipinski definition) is 3. The smallest absolute Gasteiger partial charge is 0.277 e. The van der Waals surface area contributed by atoms with E-state index in [2.05, 4.69) is 0 Å². The first-order valence-corrected chi connectivity index (χ1v) is 5.50. The summed E-state index contributed by atoms with van der Waals surface area (Å²) in [5.41, 5.74) is -2.41. The van der Waals surface area contributed by atoms with Crippen molar-refractivity contribution < 1.29 is 27.6 Å². The fraction of sp³-hybridized carbons (Fsp3) is 0.700. The van der Waals surface area contributed by atoms with E-state index < -0.39 is 35.5 Å². The maximum Gasteiger partial charge on any atom is 0.412 e. The number of imide groups is 2. The van der Waals surface area contributed by atoms with Gasteiger partial charge in [-0.3, -0.25) is 14.9 Å². The highest BCUT2D eigenvalue weighted by Gasteiger charge is 2.71. The molecular weight excluding hydrogens is 253 g/mol. The Kier molecular flexibility index (Phi) is 2.64. The summed E-state index contributed by atoms with van der Waals surface area (Å²) >= 11 is 0. The van der Waals surface area contributed by atoms with Crippen LogP contribution in [0.3, 0.4) is 0 Å². The predicted molar refractivity (Wildman–Crippen MR) is 52.2 cm³/mol. The second-order valence-electron chi connectivity index (χ2n) is 4.46. The Morgan fingerprint density at radius 3 is 2.28 bits per heavy atom. The van der Waals surface area contributed by atoms with Crippen LogP contribution in [0.15, 0.2) is 0 Å². The van der Waals surface area contributed by atoms with E-state index >= 15 is 0 Å². The van der Waals surface area contributed by atoms with Crippen molar-refractivity contribution in [3.05, 3.63) is 0 Å². The summed E-state index contributed by atoms with van der Waals surface area (Å²) in [6.07, 6.45) is -5.22. The summed E-state index contributed by atoms with van der Waals surface area (Å²) in [4.78, 5) is 34.8. The number of rotatable bonds is 2. The van der Waals surface area contributed by atoms with Gasteiger partial charge in [-0.25, -0.2) is 9.69 Å². The normalized spacial score (nSPS) is 27.2. The van der Waals surface area contributed by atoms with Crippen molar-refractivity contribution in [2.24, 2.45) is 5.92 Å². The predicted octanol–water partition coefficient (Wildman–Crippen LogP) is 1.19. The van der Waals surface area contributed by atoms with Crippen LogP contribution in [-0.2, 0) is 9.59 Å². The van der Waals surface area contributed by atoms with E-state index in [1.54, 1.807) is 5.32 Å². The fourth-order valence-electron chi connectivity index (χ4n) is 2.13. The summed E-state index contributed by atoms with van der Waals surface area (Å²) in [5, 5.41) is 1.81. The Labute approximate surface area is 100 Å². The highest BCUT2D eigenvalue weighted by atomic mass is 19.4. The van der Waals surface area contributed by atoms with Gasteiger partial charge >= 0.3 is 12.2 Å². The van der Waals surface area contributed by atoms with Gasteiger partial charge in [0.2, 0.25) is 11.8 Å². The van der Waals surface area contributed by atoms with Crippen LogP contribution >= 0.6 is 0 Å². The molecule has 0 aromatic carbocycles. The molecule has 1 saturated carbocycles. The number of carbonyl (C=O) groups excluding carboxylic acids is 3. The molecule has 0 spiro atoms. The van der Waals surface area contributed by atoms with Crippen LogP contribution in [0.4, 0.5) is 18.0 Å². The molecule has 1 atom stereocenters. The van der Waals surface area contributed by atoms with Gasteiger partial charge in [-0.05, 0) is 19.3 Å². The minimum atomic E-state index is -4.67. The molecular formula is C10H11F3N2O3. The largest absolute Gasteiger partial charge is 0.412 e. The van der Waals surface area contributed by atoms with Gasteiger partial charge in [0.1, 0.15) is 11.5 Å². The SMILES string of the molecule is CCC1C(=O)NC(=O)N(C2(C(F)(F)F)CC2)C1=O. The van der Waals surface area contributed by atoms with Crippen LogP contribution in [-0.4, -0.2) is 34.5 Å². The molecule has 0 aromatic heterocycles. The zero-order valence-corrected chi connectivity index (χ0v) is 9.50. The average molecular weight is 264 g/mol. The number of carbonyl (C=O) groups is 3. The molecule has 1 saturated heterocycles. The van der Waals surface area contributed by atoms with Crippen molar-refractivity contribution in [3.8, 4) is 0 Å². The molecule has 8 heteroatoms. The number of nitrogens with one attached hydrogen (secondary N) is 1. The van der Waals surface area contributed by atoms with E-state index in [-0.39, 0.29) is 24.2 Å². The van der Waals surface area contributed by atoms with Gasteiger partial charge in [-0.2, -0.15) is 13.2 Å². The van der Waals surface area contributed by atoms with Crippen molar-refractivity contribution >= 4 is 17.8 Å². The summed E-state index contributed by atoms with van der Waals surface area (Å²) in [6, 6.07) is -1.27. The summed E-state index contributed by atoms with van der Waals surface area (Å²) in [7, 11) is 0. The van der Waals surface area contributed by atoms with E-state index in [9.17, 15) is 27.6 Å². The molecule has 18 heavy (non-hydrogen) atoms. The molecule has 1 unspecified atom stereocenters. The third kappa shape index (κ3) is 1.58. The molecule has 0 radical (unpaired) electrons. The van der Waals surface area contributed by atoms with Gasteiger partial charge < -0.3 is 0 Å². The van der Waals surface area contributed by atoms with Gasteiger partial charge in [0, 0.05) is 0 Å². The van der Waals surface area contributed by atoms with Gasteiger partial charge in [0.15, 0.2) is 0 Å². The Morgan fingerprint density at radius 1 is 1.33 bits per heavy atom. The van der Waals surface area contributed by atoms with Crippen molar-refractivity contribution in [1.82, 2.24) is 10.2 Å². The standard InChI is InChI=1S/C10H11F3N2O3/c1-2-5-6(16)14-8(18)15(7(5)17)9(3-4-9)10(11,12)13/h5H,2-4H2,1H3,(H,14,16,18). The van der Waals surface area contributed by atoms with Crippen LogP contribution in [0.5, 0.6) is 0 Å². The fourth-order valence-corrected chi connectivity index (χ4v) is 2.13. The lowest BCUT2D eigenvalue weighted by atomic mass is 10.00. The highest BCUT2D eigenvalue weighted by Crippen LogP contribution is 2.54. The zero-order chi connectivity index (χ0) is 13.7. The minimum absolute atomic E-state index is 0.0579. The molecule has 100 valence electrons. The monoisotopic (exact) mass is 264 g/mol. The molecule has 5 nitrogen and oxygen atoms in total. The van der Waals surface area contributed by atoms with Crippen molar-refractivity contribution in [1.29, 1.82) is 0 Å². The average Bonchev–Trinajstić information content (AvgIpc) is 2.97. The van der Waals surface area contributed by atoms with E-state index in [1.807, 2.05) is 0 Å². The van der Waals surface area contributed by atoms with Crippen LogP contribution in [0.1, 0.15) is 26.2 Å². The van der Waals surface area contributed by atoms with Crippen LogP contribution in [0.25, 0.3) is 0 Å². The Balaban J connectivity index is 2.36. The first kappa shape index (κ1) is 12.8. The molecule has 1 heterocycles. The second-order valence-corrected chi connectivity index (χ2v) is 4.46. The quantitative estimate of drug-likeness (QED) is 0.762. The lowest BCUT2D eigenvalue weighted by molar-refractivity contribution is -0.195. The number of halogens is 3. The second kappa shape index (κ2) is 3.69. The molecule has 4 amide bonds. The topological polar surface area (TPSA) is 66.5 Å². The molecule has 1 N–H and O–H groups in total. The van der Waals surface area contributed by atoms with E-state index in [1.165, 1.54) is 6.92 Å². The third-order valence-electron chi connectivity index (χ3n) is 3.36. The van der Waals surface area contributed by atoms with Gasteiger partial charge in [0.05, 0.1) is 0 Å². The Morgan fingerprint density at radius 2 is 1.89 bits per heavy atom. The van der Waals surface area contributed by atoms with Gasteiger partial charge in [-0.1, -0.05) is 6.92 Å². The molecule has 1 aliphatic carbocycles. The number of amides is 4. The van der Waals surface area contributed by atoms with Gasteiger partial charge in [-0.15, -0.1) is 0 Å². The number of barbiturate groups is 1. The Hall–Kier alpha value is -1.60. The van der Waals surface area contributed by atoms with Crippen molar-refractivity contribution in [3.63, 3.8) is 0 Å². The van der Waals surface area contributed by atoms with Crippen LogP contribution < -0.4 is 5.32 Å². The van der Waals surface area contributed by atoms with Crippen molar-refractivity contribution in [2.75, 3.05) is 0 Å². The third-order valence-corrected chi connectivity index (χ3v) is 3.36. The van der Waals surface area contributed by atoms with Crippen LogP contribution in [0, 0.1) is 5.92 Å². The molecule has 2 aliphatic rings. The van der Waals surface area contributed by atoms with Crippen molar-refractivity contribution in [2.45, 2.75) is 37.9 Å². The lowest BCUT2D eigenvalue weighted by Crippen LogP contribution is -2.65. The number of hydrogen-bond donors (Lipinski definition) is 1. The summed E-state index contributed by atoms with van der Waals surface area (Å²) in [5.74, 6) is -3.11. The molecule has 2 rings (SSSR count). The minimum Gasteiger partial charge on any atom is -0.277 e. The first-order valence-electron chi connectivity index (χ1n) is 5.50. The first-order chi connectivity index (χ1) is 8.24. The number of urea groups is 1. The highest BCUT2D eigenvalue weighted by molar-refractivity contribution is 6.16. The summed E-state index contributed by atoms with van der Waals surface area (Å²) < 4.78 is 38.7. The Bertz CT molecular complexity index is 429. The maximum atomic E-state index is 12.9. The van der Waals surface area contributed by atoms with E-state index in [0.29, 0.717) is 0 Å². The lowest BCUT2D eigenvalue weighted by Gasteiger charge is -2.36. The van der Waals surface area contributed by atoms with E-state index in [4.69, 9.17) is 0 Å². The summed E-state index contributed by atoms with van der Waals surface area (Å²) in [6.45, 7) is 1.50. The molecule has 0 aromatic rings.